The van der Waals surface area contributed by atoms with Gasteiger partial charge in [-0.25, -0.2) is 4.79 Å². The number of fused-ring (bicyclic) bond motifs is 1. The van der Waals surface area contributed by atoms with E-state index < -0.39 is 50.1 Å². The van der Waals surface area contributed by atoms with Gasteiger partial charge in [-0.05, 0) is 32.0 Å². The summed E-state index contributed by atoms with van der Waals surface area (Å²) in [4.78, 5) is 12.2. The van der Waals surface area contributed by atoms with E-state index in [1.54, 1.807) is 13.8 Å². The monoisotopic (exact) mass is 376 g/mol. The van der Waals surface area contributed by atoms with Gasteiger partial charge in [-0.15, -0.1) is 0 Å². The number of hydrogen-bond acceptors (Lipinski definition) is 7. The van der Waals surface area contributed by atoms with E-state index in [2.05, 4.69) is 33.9 Å². The molecule has 0 aromatic carbocycles. The zero-order valence-electron chi connectivity index (χ0n) is 16.5. The molecule has 25 heavy (non-hydrogen) atoms. The predicted octanol–water partition coefficient (Wildman–Crippen LogP) is 1.57. The quantitative estimate of drug-likeness (QED) is 0.570. The van der Waals surface area contributed by atoms with E-state index in [0.29, 0.717) is 0 Å². The summed E-state index contributed by atoms with van der Waals surface area (Å²) in [6.07, 6.45) is -3.58. The SMILES string of the molecule is COC(=O)[C@]1(O)C[C@H](O[Si](C)(C)C(C)(C)C)[C@@H]2OC(C)(C)O[C@@H]2[C@@H]1O. The van der Waals surface area contributed by atoms with Crippen molar-refractivity contribution >= 4 is 14.3 Å². The highest BCUT2D eigenvalue weighted by molar-refractivity contribution is 6.74. The minimum Gasteiger partial charge on any atom is -0.467 e. The van der Waals surface area contributed by atoms with Crippen molar-refractivity contribution in [2.24, 2.45) is 0 Å². The van der Waals surface area contributed by atoms with Gasteiger partial charge in [0.25, 0.3) is 0 Å². The Labute approximate surface area is 150 Å². The topological polar surface area (TPSA) is 94.5 Å². The van der Waals surface area contributed by atoms with E-state index in [1.807, 2.05) is 0 Å². The van der Waals surface area contributed by atoms with E-state index >= 15 is 0 Å². The normalized spacial score (nSPS) is 38.3. The van der Waals surface area contributed by atoms with Gasteiger partial charge in [0.15, 0.2) is 19.7 Å². The van der Waals surface area contributed by atoms with Crippen molar-refractivity contribution < 1.29 is 33.6 Å². The number of aliphatic hydroxyl groups excluding tert-OH is 1. The third-order valence-electron chi connectivity index (χ3n) is 5.63. The third kappa shape index (κ3) is 3.65. The molecule has 1 heterocycles. The lowest BCUT2D eigenvalue weighted by Gasteiger charge is -2.47. The van der Waals surface area contributed by atoms with Crippen molar-refractivity contribution in [2.45, 2.75) is 95.0 Å². The molecule has 0 bridgehead atoms. The second kappa shape index (κ2) is 6.28. The summed E-state index contributed by atoms with van der Waals surface area (Å²) in [6, 6.07) is 0. The molecule has 0 spiro atoms. The summed E-state index contributed by atoms with van der Waals surface area (Å²) in [7, 11) is -1.03. The van der Waals surface area contributed by atoms with Crippen molar-refractivity contribution in [3.05, 3.63) is 0 Å². The molecule has 1 aliphatic heterocycles. The van der Waals surface area contributed by atoms with Crippen molar-refractivity contribution in [1.29, 1.82) is 0 Å². The molecule has 1 saturated heterocycles. The Morgan fingerprint density at radius 3 is 2.20 bits per heavy atom. The van der Waals surface area contributed by atoms with E-state index in [9.17, 15) is 15.0 Å². The lowest BCUT2D eigenvalue weighted by atomic mass is 9.77. The molecule has 146 valence electrons. The van der Waals surface area contributed by atoms with Gasteiger partial charge in [0.1, 0.15) is 18.3 Å². The fraction of sp³-hybridized carbons (Fsp3) is 0.941. The maximum atomic E-state index is 12.2. The smallest absolute Gasteiger partial charge is 0.340 e. The molecular weight excluding hydrogens is 344 g/mol. The summed E-state index contributed by atoms with van der Waals surface area (Å²) in [6.45, 7) is 14.0. The summed E-state index contributed by atoms with van der Waals surface area (Å²) in [5, 5.41) is 21.4. The van der Waals surface area contributed by atoms with Gasteiger partial charge in [0.05, 0.1) is 13.2 Å². The van der Waals surface area contributed by atoms with Gasteiger partial charge in [-0.3, -0.25) is 0 Å². The number of carbonyl (C=O) groups is 1. The first-order valence-electron chi connectivity index (χ1n) is 8.67. The molecule has 0 aromatic rings. The van der Waals surface area contributed by atoms with E-state index in [4.69, 9.17) is 18.6 Å². The number of methoxy groups -OCH3 is 1. The van der Waals surface area contributed by atoms with Crippen LogP contribution < -0.4 is 0 Å². The number of rotatable bonds is 3. The van der Waals surface area contributed by atoms with Gasteiger partial charge in [0, 0.05) is 6.42 Å². The molecule has 2 fully saturated rings. The van der Waals surface area contributed by atoms with Crippen LogP contribution in [-0.4, -0.2) is 67.4 Å². The number of aliphatic hydroxyl groups is 2. The van der Waals surface area contributed by atoms with Crippen LogP contribution in [0.2, 0.25) is 18.1 Å². The Bertz CT molecular complexity index is 528. The second-order valence-electron chi connectivity index (χ2n) is 9.05. The Hall–Kier alpha value is -0.513. The van der Waals surface area contributed by atoms with Gasteiger partial charge in [-0.1, -0.05) is 20.8 Å². The Balaban J connectivity index is 2.38. The van der Waals surface area contributed by atoms with Crippen LogP contribution in [0.3, 0.4) is 0 Å². The van der Waals surface area contributed by atoms with Crippen molar-refractivity contribution in [1.82, 2.24) is 0 Å². The predicted molar refractivity (Wildman–Crippen MR) is 93.5 cm³/mol. The highest BCUT2D eigenvalue weighted by Crippen LogP contribution is 2.46. The molecule has 0 unspecified atom stereocenters. The van der Waals surface area contributed by atoms with Crippen molar-refractivity contribution in [3.8, 4) is 0 Å². The molecule has 2 aliphatic rings. The maximum Gasteiger partial charge on any atom is 0.340 e. The molecule has 8 heteroatoms. The maximum absolute atomic E-state index is 12.2. The lowest BCUT2D eigenvalue weighted by Crippen LogP contribution is -2.67. The van der Waals surface area contributed by atoms with E-state index in [1.165, 1.54) is 7.11 Å². The zero-order chi connectivity index (χ0) is 19.4. The number of carbonyl (C=O) groups excluding carboxylic acids is 1. The zero-order valence-corrected chi connectivity index (χ0v) is 17.5. The summed E-state index contributed by atoms with van der Waals surface area (Å²) >= 11 is 0. The van der Waals surface area contributed by atoms with Crippen LogP contribution in [0.4, 0.5) is 0 Å². The largest absolute Gasteiger partial charge is 0.467 e. The minimum absolute atomic E-state index is 0.0586. The molecule has 0 amide bonds. The number of ether oxygens (including phenoxy) is 3. The molecule has 7 nitrogen and oxygen atoms in total. The molecule has 2 N–H and O–H groups in total. The third-order valence-corrected chi connectivity index (χ3v) is 10.1. The first-order chi connectivity index (χ1) is 11.1. The van der Waals surface area contributed by atoms with E-state index in [0.717, 1.165) is 0 Å². The average molecular weight is 377 g/mol. The fourth-order valence-corrected chi connectivity index (χ4v) is 4.54. The highest BCUT2D eigenvalue weighted by Gasteiger charge is 2.63. The van der Waals surface area contributed by atoms with Gasteiger partial charge < -0.3 is 28.8 Å². The summed E-state index contributed by atoms with van der Waals surface area (Å²) in [5.41, 5.74) is -2.09. The summed E-state index contributed by atoms with van der Waals surface area (Å²) in [5.74, 6) is -1.83. The van der Waals surface area contributed by atoms with Crippen LogP contribution >= 0.6 is 0 Å². The first-order valence-corrected chi connectivity index (χ1v) is 11.6. The second-order valence-corrected chi connectivity index (χ2v) is 13.8. The van der Waals surface area contributed by atoms with Crippen molar-refractivity contribution in [2.75, 3.05) is 7.11 Å². The van der Waals surface area contributed by atoms with Crippen LogP contribution in [0.1, 0.15) is 41.0 Å². The fourth-order valence-electron chi connectivity index (χ4n) is 3.21. The van der Waals surface area contributed by atoms with Gasteiger partial charge in [0.2, 0.25) is 0 Å². The number of hydrogen-bond donors (Lipinski definition) is 2. The Morgan fingerprint density at radius 1 is 1.20 bits per heavy atom. The molecular formula is C17H32O7Si. The molecule has 2 rings (SSSR count). The molecule has 5 atom stereocenters. The highest BCUT2D eigenvalue weighted by atomic mass is 28.4. The minimum atomic E-state index is -2.21. The van der Waals surface area contributed by atoms with Crippen LogP contribution in [0.25, 0.3) is 0 Å². The molecule has 1 aliphatic carbocycles. The number of esters is 1. The van der Waals surface area contributed by atoms with Crippen LogP contribution in [0.5, 0.6) is 0 Å². The van der Waals surface area contributed by atoms with Gasteiger partial charge in [-0.2, -0.15) is 0 Å². The lowest BCUT2D eigenvalue weighted by molar-refractivity contribution is -0.210. The Kier molecular flexibility index (Phi) is 5.22. The van der Waals surface area contributed by atoms with Gasteiger partial charge >= 0.3 is 5.97 Å². The van der Waals surface area contributed by atoms with Crippen molar-refractivity contribution in [3.63, 3.8) is 0 Å². The molecule has 1 saturated carbocycles. The van der Waals surface area contributed by atoms with E-state index in [-0.39, 0.29) is 11.5 Å². The molecule has 0 aromatic heterocycles. The first kappa shape index (κ1) is 20.8. The Morgan fingerprint density at radius 2 is 1.72 bits per heavy atom. The standard InChI is InChI=1S/C17H32O7Si/c1-15(2,3)25(7,8)24-10-9-17(20,14(19)21-6)13(18)12-11(10)22-16(4,5)23-12/h10-13,18,20H,9H2,1-8H3/t10-,11-,12-,13-,17-/m0/s1. The van der Waals surface area contributed by atoms with Crippen LogP contribution in [0.15, 0.2) is 0 Å². The molecule has 0 radical (unpaired) electrons. The van der Waals surface area contributed by atoms with Crippen LogP contribution in [-0.2, 0) is 23.4 Å². The van der Waals surface area contributed by atoms with Crippen LogP contribution in [0, 0.1) is 0 Å². The summed E-state index contributed by atoms with van der Waals surface area (Å²) < 4.78 is 22.9. The average Bonchev–Trinajstić information content (AvgIpc) is 2.78.